The number of aliphatic hydroxyl groups is 1. The first-order valence-electron chi connectivity index (χ1n) is 6.41. The zero-order valence-electron chi connectivity index (χ0n) is 11.1. The van der Waals surface area contributed by atoms with Gasteiger partial charge in [0.25, 0.3) is 0 Å². The summed E-state index contributed by atoms with van der Waals surface area (Å²) in [6, 6.07) is 15.4. The minimum absolute atomic E-state index is 0.101. The van der Waals surface area contributed by atoms with Gasteiger partial charge in [-0.3, -0.25) is 0 Å². The van der Waals surface area contributed by atoms with Gasteiger partial charge in [-0.1, -0.05) is 54.7 Å². The van der Waals surface area contributed by atoms with E-state index in [0.717, 1.165) is 22.4 Å². The Balaban J connectivity index is 2.15. The van der Waals surface area contributed by atoms with E-state index in [1.54, 1.807) is 0 Å². The summed E-state index contributed by atoms with van der Waals surface area (Å²) in [6.45, 7) is 0.500. The first-order valence-corrected chi connectivity index (χ1v) is 6.82. The number of thiocarbonyl (C=S) groups is 1. The molecule has 3 N–H and O–H groups in total. The fraction of sp³-hybridized carbons (Fsp3) is 0.188. The van der Waals surface area contributed by atoms with Crippen LogP contribution >= 0.6 is 12.2 Å². The van der Waals surface area contributed by atoms with Gasteiger partial charge in [-0.2, -0.15) is 0 Å². The summed E-state index contributed by atoms with van der Waals surface area (Å²) in [5, 5.41) is 9.06. The van der Waals surface area contributed by atoms with Crippen molar-refractivity contribution in [3.63, 3.8) is 0 Å². The Hall–Kier alpha value is -1.91. The molecule has 4 heteroatoms. The average molecular weight is 287 g/mol. The summed E-state index contributed by atoms with van der Waals surface area (Å²) >= 11 is 5.04. The van der Waals surface area contributed by atoms with Crippen molar-refractivity contribution in [1.29, 1.82) is 0 Å². The lowest BCUT2D eigenvalue weighted by atomic mass is 10.1. The molecule has 0 unspecified atom stereocenters. The fourth-order valence-corrected chi connectivity index (χ4v) is 2.21. The number of hydrogen-bond donors (Lipinski definition) is 2. The number of hydrogen-bond acceptors (Lipinski definition) is 3. The minimum Gasteiger partial charge on any atom is -0.489 e. The third kappa shape index (κ3) is 3.56. The molecule has 2 rings (SSSR count). The van der Waals surface area contributed by atoms with Crippen molar-refractivity contribution in [2.45, 2.75) is 13.0 Å². The molecule has 0 aliphatic carbocycles. The summed E-state index contributed by atoms with van der Waals surface area (Å²) in [5.41, 5.74) is 8.49. The molecule has 0 aliphatic heterocycles. The minimum atomic E-state index is 0.101. The molecule has 0 heterocycles. The lowest BCUT2D eigenvalue weighted by molar-refractivity contribution is 0.284. The third-order valence-corrected chi connectivity index (χ3v) is 3.24. The van der Waals surface area contributed by atoms with E-state index in [2.05, 4.69) is 0 Å². The van der Waals surface area contributed by atoms with Crippen LogP contribution in [0.3, 0.4) is 0 Å². The molecule has 104 valence electrons. The van der Waals surface area contributed by atoms with Crippen LogP contribution in [0, 0.1) is 0 Å². The van der Waals surface area contributed by atoms with E-state index in [-0.39, 0.29) is 6.61 Å². The number of ether oxygens (including phenoxy) is 1. The second-order valence-electron chi connectivity index (χ2n) is 4.39. The van der Waals surface area contributed by atoms with E-state index in [1.165, 1.54) is 0 Å². The summed E-state index contributed by atoms with van der Waals surface area (Å²) in [4.78, 5) is 0.368. The van der Waals surface area contributed by atoms with Crippen LogP contribution in [0.1, 0.15) is 16.7 Å². The molecule has 0 saturated carbocycles. The Morgan fingerprint density at radius 2 is 1.70 bits per heavy atom. The molecule has 0 saturated heterocycles. The lowest BCUT2D eigenvalue weighted by Gasteiger charge is -2.13. The van der Waals surface area contributed by atoms with E-state index < -0.39 is 0 Å². The number of para-hydroxylation sites is 1. The van der Waals surface area contributed by atoms with Gasteiger partial charge in [-0.15, -0.1) is 0 Å². The zero-order chi connectivity index (χ0) is 14.4. The van der Waals surface area contributed by atoms with E-state index in [4.69, 9.17) is 27.8 Å². The molecule has 0 bridgehead atoms. The lowest BCUT2D eigenvalue weighted by Crippen LogP contribution is -2.13. The largest absolute Gasteiger partial charge is 0.489 e. The maximum atomic E-state index is 9.06. The van der Waals surface area contributed by atoms with Gasteiger partial charge in [0, 0.05) is 12.2 Å². The van der Waals surface area contributed by atoms with Crippen LogP contribution < -0.4 is 10.5 Å². The van der Waals surface area contributed by atoms with E-state index in [1.807, 2.05) is 48.5 Å². The maximum Gasteiger partial charge on any atom is 0.123 e. The monoisotopic (exact) mass is 287 g/mol. The molecule has 20 heavy (non-hydrogen) atoms. The van der Waals surface area contributed by atoms with E-state index in [9.17, 15) is 0 Å². The van der Waals surface area contributed by atoms with Gasteiger partial charge in [0.2, 0.25) is 0 Å². The third-order valence-electron chi connectivity index (χ3n) is 3.02. The van der Waals surface area contributed by atoms with Crippen LogP contribution in [0.2, 0.25) is 0 Å². The smallest absolute Gasteiger partial charge is 0.123 e. The van der Waals surface area contributed by atoms with Crippen molar-refractivity contribution in [1.82, 2.24) is 0 Å². The first-order chi connectivity index (χ1) is 9.72. The van der Waals surface area contributed by atoms with Crippen molar-refractivity contribution < 1.29 is 9.84 Å². The van der Waals surface area contributed by atoms with Gasteiger partial charge in [-0.05, 0) is 23.6 Å². The van der Waals surface area contributed by atoms with Crippen molar-refractivity contribution in [3.05, 3.63) is 65.2 Å². The highest BCUT2D eigenvalue weighted by Crippen LogP contribution is 2.20. The van der Waals surface area contributed by atoms with Crippen molar-refractivity contribution in [2.75, 3.05) is 6.61 Å². The molecule has 0 atom stereocenters. The number of benzene rings is 2. The summed E-state index contributed by atoms with van der Waals surface area (Å²) in [5.74, 6) is 0.777. The highest BCUT2D eigenvalue weighted by Gasteiger charge is 2.07. The van der Waals surface area contributed by atoms with Crippen LogP contribution in [0.4, 0.5) is 0 Å². The van der Waals surface area contributed by atoms with Crippen LogP contribution in [0.15, 0.2) is 48.5 Å². The van der Waals surface area contributed by atoms with Gasteiger partial charge in [0.1, 0.15) is 17.3 Å². The molecule has 3 nitrogen and oxygen atoms in total. The molecule has 0 aromatic heterocycles. The highest BCUT2D eigenvalue weighted by molar-refractivity contribution is 7.80. The molecular weight excluding hydrogens is 270 g/mol. The molecule has 0 aliphatic rings. The molecule has 0 radical (unpaired) electrons. The fourth-order valence-electron chi connectivity index (χ4n) is 2.01. The predicted molar refractivity (Wildman–Crippen MR) is 83.9 cm³/mol. The van der Waals surface area contributed by atoms with Crippen LogP contribution in [-0.2, 0) is 13.0 Å². The Labute approximate surface area is 124 Å². The molecule has 2 aromatic rings. The van der Waals surface area contributed by atoms with Gasteiger partial charge >= 0.3 is 0 Å². The second kappa shape index (κ2) is 7.03. The quantitative estimate of drug-likeness (QED) is 0.801. The maximum absolute atomic E-state index is 9.06. The zero-order valence-corrected chi connectivity index (χ0v) is 11.9. The van der Waals surface area contributed by atoms with Crippen molar-refractivity contribution in [2.24, 2.45) is 5.73 Å². The number of nitrogens with two attached hydrogens (primary N) is 1. The first kappa shape index (κ1) is 14.5. The molecule has 2 aromatic carbocycles. The van der Waals surface area contributed by atoms with Crippen molar-refractivity contribution >= 4 is 17.2 Å². The number of rotatable bonds is 6. The second-order valence-corrected chi connectivity index (χ2v) is 4.83. The van der Waals surface area contributed by atoms with Crippen LogP contribution in [-0.4, -0.2) is 16.7 Å². The van der Waals surface area contributed by atoms with E-state index >= 15 is 0 Å². The number of aliphatic hydroxyl groups excluding tert-OH is 1. The predicted octanol–water partition coefficient (Wildman–Crippen LogP) is 2.43. The van der Waals surface area contributed by atoms with Gasteiger partial charge in [-0.25, -0.2) is 0 Å². The van der Waals surface area contributed by atoms with Crippen molar-refractivity contribution in [3.8, 4) is 5.75 Å². The standard InChI is InChI=1S/C16H17NO2S/c17-16(20)14-7-3-1-6-13(14)11-19-15-8-4-2-5-12(15)9-10-18/h1-8,18H,9-11H2,(H2,17,20). The summed E-state index contributed by atoms with van der Waals surface area (Å²) in [6.07, 6.45) is 0.577. The highest BCUT2D eigenvalue weighted by atomic mass is 32.1. The Bertz CT molecular complexity index is 599. The average Bonchev–Trinajstić information content (AvgIpc) is 2.47. The molecular formula is C16H17NO2S. The van der Waals surface area contributed by atoms with Crippen LogP contribution in [0.25, 0.3) is 0 Å². The van der Waals surface area contributed by atoms with Gasteiger partial charge in [0.05, 0.1) is 0 Å². The Morgan fingerprint density at radius 1 is 1.05 bits per heavy atom. The normalized spacial score (nSPS) is 10.2. The van der Waals surface area contributed by atoms with Gasteiger partial charge in [0.15, 0.2) is 0 Å². The van der Waals surface area contributed by atoms with E-state index in [0.29, 0.717) is 18.0 Å². The molecule has 0 spiro atoms. The Morgan fingerprint density at radius 3 is 2.40 bits per heavy atom. The summed E-state index contributed by atoms with van der Waals surface area (Å²) < 4.78 is 5.84. The topological polar surface area (TPSA) is 55.5 Å². The SMILES string of the molecule is NC(=S)c1ccccc1COc1ccccc1CCO. The molecule has 0 amide bonds. The van der Waals surface area contributed by atoms with Gasteiger partial charge < -0.3 is 15.6 Å². The molecule has 0 fully saturated rings. The van der Waals surface area contributed by atoms with Crippen LogP contribution in [0.5, 0.6) is 5.75 Å². The summed E-state index contributed by atoms with van der Waals surface area (Å²) in [7, 11) is 0. The Kier molecular flexibility index (Phi) is 5.09.